The van der Waals surface area contributed by atoms with E-state index in [1.807, 2.05) is 37.4 Å². The molecule has 0 fully saturated rings. The lowest BCUT2D eigenvalue weighted by Crippen LogP contribution is -2.57. The lowest BCUT2D eigenvalue weighted by molar-refractivity contribution is 0.198. The Morgan fingerprint density at radius 1 is 1.09 bits per heavy atom. The molecule has 1 amide bonds. The number of nitrogens with one attached hydrogen (secondary N) is 2. The van der Waals surface area contributed by atoms with Crippen molar-refractivity contribution >= 4 is 17.7 Å². The van der Waals surface area contributed by atoms with Gasteiger partial charge in [0.25, 0.3) is 0 Å². The van der Waals surface area contributed by atoms with E-state index in [4.69, 9.17) is 10.5 Å². The topological polar surface area (TPSA) is 73.2 Å². The summed E-state index contributed by atoms with van der Waals surface area (Å²) in [6.45, 7) is 2.93. The summed E-state index contributed by atoms with van der Waals surface area (Å²) in [5.41, 5.74) is 0.928. The molecular formula is C18H30N3O2+. The van der Waals surface area contributed by atoms with E-state index >= 15 is 0 Å². The minimum absolute atomic E-state index is 0.00492. The molecule has 0 radical (unpaired) electrons. The van der Waals surface area contributed by atoms with Crippen LogP contribution in [-0.4, -0.2) is 30.8 Å². The largest absolute Gasteiger partial charge is 0.465 e. The van der Waals surface area contributed by atoms with Crippen molar-refractivity contribution in [2.24, 2.45) is 0 Å². The lowest BCUT2D eigenvalue weighted by atomic mass is 10.1. The average molecular weight is 320 g/mol. The molecule has 1 aromatic carbocycles. The molecule has 0 aliphatic rings. The number of unbranched alkanes of at least 4 members (excludes halogenated alkanes) is 6. The molecule has 0 heterocycles. The minimum atomic E-state index is -1.19. The summed E-state index contributed by atoms with van der Waals surface area (Å²) in [4.78, 5) is 10.9. The summed E-state index contributed by atoms with van der Waals surface area (Å²) >= 11 is 0. The number of hydrogen-bond acceptors (Lipinski definition) is 2. The first-order chi connectivity index (χ1) is 11.0. The van der Waals surface area contributed by atoms with Gasteiger partial charge in [-0.25, -0.2) is 20.0 Å². The van der Waals surface area contributed by atoms with Gasteiger partial charge < -0.3 is 5.11 Å². The molecule has 3 N–H and O–H groups in total. The Morgan fingerprint density at radius 2 is 1.65 bits per heavy atom. The van der Waals surface area contributed by atoms with Gasteiger partial charge in [0.05, 0.1) is 13.6 Å². The molecule has 0 aliphatic carbocycles. The highest BCUT2D eigenvalue weighted by Gasteiger charge is 2.32. The standard InChI is InChI=1S/C18H29N3O2/c1-3-4-5-6-7-8-12-15-21(2,17(19)20-18(22)23)16-13-10-9-11-14-16/h9-11,13-14H,3-8,12,15H2,1-2H3,(H2-,19,20,22,23)/p+1. The minimum Gasteiger partial charge on any atom is -0.465 e. The summed E-state index contributed by atoms with van der Waals surface area (Å²) in [5, 5.41) is 19.3. The second-order valence-corrected chi connectivity index (χ2v) is 6.15. The number of nitrogens with zero attached hydrogens (tertiary/aromatic N) is 1. The second kappa shape index (κ2) is 10.0. The van der Waals surface area contributed by atoms with Crippen molar-refractivity contribution < 1.29 is 9.90 Å². The molecule has 1 rings (SSSR count). The van der Waals surface area contributed by atoms with Gasteiger partial charge in [-0.1, -0.05) is 57.2 Å². The van der Waals surface area contributed by atoms with Crippen molar-refractivity contribution in [2.45, 2.75) is 51.9 Å². The third-order valence-corrected chi connectivity index (χ3v) is 4.25. The molecule has 5 nitrogen and oxygen atoms in total. The molecule has 1 aromatic rings. The number of guanidine groups is 1. The van der Waals surface area contributed by atoms with Gasteiger partial charge in [-0.2, -0.15) is 0 Å². The van der Waals surface area contributed by atoms with E-state index in [1.165, 1.54) is 32.1 Å². The van der Waals surface area contributed by atoms with E-state index in [0.29, 0.717) is 0 Å². The maximum atomic E-state index is 10.9. The predicted octanol–water partition coefficient (Wildman–Crippen LogP) is 4.58. The van der Waals surface area contributed by atoms with Gasteiger partial charge in [0.15, 0.2) is 0 Å². The fourth-order valence-electron chi connectivity index (χ4n) is 2.74. The SMILES string of the molecule is CCCCCCCCC[N+](C)(C(=N)NC(=O)O)c1ccccc1. The first-order valence-electron chi connectivity index (χ1n) is 8.51. The van der Waals surface area contributed by atoms with Gasteiger partial charge in [0.2, 0.25) is 0 Å². The van der Waals surface area contributed by atoms with Crippen LogP contribution in [0.2, 0.25) is 0 Å². The molecule has 0 saturated carbocycles. The molecule has 23 heavy (non-hydrogen) atoms. The fourth-order valence-corrected chi connectivity index (χ4v) is 2.74. The quantitative estimate of drug-likeness (QED) is 0.270. The molecular weight excluding hydrogens is 290 g/mol. The molecule has 0 aromatic heterocycles. The highest BCUT2D eigenvalue weighted by molar-refractivity contribution is 5.97. The normalized spacial score (nSPS) is 13.3. The van der Waals surface area contributed by atoms with E-state index < -0.39 is 6.09 Å². The summed E-state index contributed by atoms with van der Waals surface area (Å²) in [6, 6.07) is 9.66. The van der Waals surface area contributed by atoms with E-state index in [-0.39, 0.29) is 10.4 Å². The van der Waals surface area contributed by atoms with E-state index in [0.717, 1.165) is 25.1 Å². The monoisotopic (exact) mass is 320 g/mol. The van der Waals surface area contributed by atoms with Gasteiger partial charge in [-0.3, -0.25) is 0 Å². The van der Waals surface area contributed by atoms with Gasteiger partial charge in [0.1, 0.15) is 5.69 Å². The first kappa shape index (κ1) is 19.2. The zero-order valence-corrected chi connectivity index (χ0v) is 14.3. The Labute approximate surface area is 139 Å². The van der Waals surface area contributed by atoms with Crippen molar-refractivity contribution in [3.8, 4) is 0 Å². The Bertz CT molecular complexity index is 490. The predicted molar refractivity (Wildman–Crippen MR) is 95.9 cm³/mol. The zero-order valence-electron chi connectivity index (χ0n) is 14.3. The Hall–Kier alpha value is -1.88. The molecule has 0 spiro atoms. The van der Waals surface area contributed by atoms with Crippen LogP contribution in [0.1, 0.15) is 51.9 Å². The second-order valence-electron chi connectivity index (χ2n) is 6.15. The maximum Gasteiger partial charge on any atom is 0.414 e. The number of carboxylic acid groups (broad SMARTS) is 1. The van der Waals surface area contributed by atoms with Gasteiger partial charge in [-0.15, -0.1) is 0 Å². The van der Waals surface area contributed by atoms with E-state index in [1.54, 1.807) is 0 Å². The fraction of sp³-hybridized carbons (Fsp3) is 0.556. The van der Waals surface area contributed by atoms with Gasteiger partial charge in [-0.05, 0) is 25.0 Å². The molecule has 5 heteroatoms. The number of hydrogen-bond donors (Lipinski definition) is 3. The number of rotatable bonds is 9. The van der Waals surface area contributed by atoms with E-state index in [2.05, 4.69) is 12.2 Å². The number of amides is 1. The molecule has 1 unspecified atom stereocenters. The van der Waals surface area contributed by atoms with Crippen LogP contribution in [0, 0.1) is 5.41 Å². The van der Waals surface area contributed by atoms with Crippen molar-refractivity contribution in [1.29, 1.82) is 5.41 Å². The molecule has 0 aliphatic heterocycles. The van der Waals surface area contributed by atoms with Crippen LogP contribution in [0.15, 0.2) is 30.3 Å². The van der Waals surface area contributed by atoms with Crippen molar-refractivity contribution in [3.63, 3.8) is 0 Å². The van der Waals surface area contributed by atoms with Crippen molar-refractivity contribution in [3.05, 3.63) is 30.3 Å². The summed E-state index contributed by atoms with van der Waals surface area (Å²) in [5.74, 6) is -0.00492. The van der Waals surface area contributed by atoms with Crippen molar-refractivity contribution in [1.82, 2.24) is 9.80 Å². The number of carbonyl (C=O) groups is 1. The maximum absolute atomic E-state index is 10.9. The van der Waals surface area contributed by atoms with Crippen LogP contribution in [0.4, 0.5) is 10.5 Å². The summed E-state index contributed by atoms with van der Waals surface area (Å²) in [7, 11) is 1.89. The third-order valence-electron chi connectivity index (χ3n) is 4.25. The molecule has 1 atom stereocenters. The van der Waals surface area contributed by atoms with E-state index in [9.17, 15) is 4.79 Å². The first-order valence-corrected chi connectivity index (χ1v) is 8.51. The zero-order chi connectivity index (χ0) is 17.1. The van der Waals surface area contributed by atoms with Crippen LogP contribution in [0.5, 0.6) is 0 Å². The summed E-state index contributed by atoms with van der Waals surface area (Å²) in [6.07, 6.45) is 7.20. The van der Waals surface area contributed by atoms with Gasteiger partial charge >= 0.3 is 12.1 Å². The third kappa shape index (κ3) is 6.40. The highest BCUT2D eigenvalue weighted by Crippen LogP contribution is 2.22. The molecule has 0 saturated heterocycles. The number of benzene rings is 1. The Morgan fingerprint density at radius 3 is 2.22 bits per heavy atom. The van der Waals surface area contributed by atoms with Crippen molar-refractivity contribution in [2.75, 3.05) is 13.6 Å². The Balaban J connectivity index is 2.62. The Kier molecular flexibility index (Phi) is 8.33. The average Bonchev–Trinajstić information content (AvgIpc) is 2.54. The van der Waals surface area contributed by atoms with Crippen LogP contribution in [0.3, 0.4) is 0 Å². The molecule has 0 bridgehead atoms. The lowest BCUT2D eigenvalue weighted by Gasteiger charge is -2.32. The highest BCUT2D eigenvalue weighted by atomic mass is 16.4. The number of quaternary nitrogens is 1. The molecule has 128 valence electrons. The van der Waals surface area contributed by atoms with Crippen LogP contribution < -0.4 is 9.80 Å². The van der Waals surface area contributed by atoms with Crippen LogP contribution >= 0.6 is 0 Å². The summed E-state index contributed by atoms with van der Waals surface area (Å²) < 4.78 is 0.183. The van der Waals surface area contributed by atoms with Gasteiger partial charge in [0, 0.05) is 0 Å². The number of para-hydroxylation sites is 1. The van der Waals surface area contributed by atoms with Crippen LogP contribution in [-0.2, 0) is 0 Å². The van der Waals surface area contributed by atoms with Crippen LogP contribution in [0.25, 0.3) is 0 Å². The smallest absolute Gasteiger partial charge is 0.414 e.